The maximum absolute atomic E-state index is 13.1. The maximum atomic E-state index is 13.1. The van der Waals surface area contributed by atoms with Gasteiger partial charge in [0.1, 0.15) is 18.1 Å². The first-order chi connectivity index (χ1) is 17.4. The number of aliphatic hydroxyl groups excluding tert-OH is 1. The van der Waals surface area contributed by atoms with Gasteiger partial charge in [0.2, 0.25) is 0 Å². The zero-order valence-corrected chi connectivity index (χ0v) is 20.0. The normalized spacial score (nSPS) is 16.8. The van der Waals surface area contributed by atoms with Crippen LogP contribution in [-0.4, -0.2) is 54.2 Å². The first kappa shape index (κ1) is 24.8. The highest BCUT2D eigenvalue weighted by Crippen LogP contribution is 2.41. The van der Waals surface area contributed by atoms with Crippen molar-refractivity contribution >= 4 is 17.4 Å². The molecule has 186 valence electrons. The molecule has 1 atom stereocenters. The Morgan fingerprint density at radius 1 is 0.972 bits per heavy atom. The summed E-state index contributed by atoms with van der Waals surface area (Å²) in [5, 5.41) is 21.2. The van der Waals surface area contributed by atoms with E-state index in [2.05, 4.69) is 0 Å². The maximum Gasteiger partial charge on any atom is 0.295 e. The Hall–Kier alpha value is -4.30. The number of hydrogen-bond acceptors (Lipinski definition) is 7. The summed E-state index contributed by atoms with van der Waals surface area (Å²) >= 11 is 0. The fraction of sp³-hybridized carbons (Fsp3) is 0.214. The van der Waals surface area contributed by atoms with Gasteiger partial charge in [0.05, 0.1) is 25.3 Å². The summed E-state index contributed by atoms with van der Waals surface area (Å²) in [5.74, 6) is -1.15. The Morgan fingerprint density at radius 3 is 2.36 bits per heavy atom. The van der Waals surface area contributed by atoms with Gasteiger partial charge < -0.3 is 29.3 Å². The van der Waals surface area contributed by atoms with E-state index in [4.69, 9.17) is 14.2 Å². The molecule has 3 aromatic carbocycles. The molecule has 8 heteroatoms. The lowest BCUT2D eigenvalue weighted by atomic mass is 9.95. The van der Waals surface area contributed by atoms with Gasteiger partial charge in [-0.25, -0.2) is 0 Å². The van der Waals surface area contributed by atoms with Crippen LogP contribution in [0.3, 0.4) is 0 Å². The van der Waals surface area contributed by atoms with Crippen molar-refractivity contribution < 1.29 is 34.0 Å². The molecular weight excluding hydrogens is 462 g/mol. The molecule has 4 rings (SSSR count). The van der Waals surface area contributed by atoms with Crippen molar-refractivity contribution in [1.82, 2.24) is 4.90 Å². The van der Waals surface area contributed by atoms with Crippen LogP contribution in [0, 0.1) is 0 Å². The third-order valence-corrected chi connectivity index (χ3v) is 5.97. The third kappa shape index (κ3) is 5.04. The Morgan fingerprint density at radius 2 is 1.69 bits per heavy atom. The first-order valence-corrected chi connectivity index (χ1v) is 11.4. The molecule has 1 unspecified atom stereocenters. The quantitative estimate of drug-likeness (QED) is 0.265. The van der Waals surface area contributed by atoms with E-state index in [1.54, 1.807) is 36.4 Å². The molecule has 0 aliphatic carbocycles. The number of rotatable bonds is 9. The lowest BCUT2D eigenvalue weighted by Crippen LogP contribution is -2.32. The minimum Gasteiger partial charge on any atom is -0.507 e. The van der Waals surface area contributed by atoms with Gasteiger partial charge in [0.25, 0.3) is 11.7 Å². The number of aromatic hydroxyl groups is 1. The van der Waals surface area contributed by atoms with Gasteiger partial charge in [0.15, 0.2) is 11.5 Å². The van der Waals surface area contributed by atoms with Gasteiger partial charge in [-0.3, -0.25) is 9.59 Å². The number of phenols is 1. The lowest BCUT2D eigenvalue weighted by molar-refractivity contribution is -0.140. The third-order valence-electron chi connectivity index (χ3n) is 5.97. The molecule has 1 aliphatic rings. The molecular formula is C28H27NO7. The number of aliphatic hydroxyl groups is 1. The number of ether oxygens (including phenoxy) is 3. The second-order valence-electron chi connectivity index (χ2n) is 8.22. The van der Waals surface area contributed by atoms with Crippen molar-refractivity contribution in [3.05, 3.63) is 95.1 Å². The van der Waals surface area contributed by atoms with Crippen LogP contribution in [0.15, 0.2) is 78.4 Å². The summed E-state index contributed by atoms with van der Waals surface area (Å²) < 4.78 is 16.1. The summed E-state index contributed by atoms with van der Waals surface area (Å²) in [6.45, 7) is 0.726. The van der Waals surface area contributed by atoms with E-state index >= 15 is 0 Å². The lowest BCUT2D eigenvalue weighted by Gasteiger charge is -2.25. The van der Waals surface area contributed by atoms with Crippen LogP contribution in [-0.2, 0) is 20.9 Å². The fourth-order valence-corrected chi connectivity index (χ4v) is 4.12. The standard InChI is InChI=1S/C28H27NO7/c1-34-15-14-29-25(20-10-13-22(30)23(16-20)35-2)24(27(32)28(29)33)26(31)19-8-11-21(12-9-19)36-17-18-6-4-3-5-7-18/h3-13,16,25,30-31H,14-15,17H2,1-2H3/b26-24-. The van der Waals surface area contributed by atoms with Crippen molar-refractivity contribution in [2.75, 3.05) is 27.4 Å². The number of amides is 1. The molecule has 2 N–H and O–H groups in total. The van der Waals surface area contributed by atoms with E-state index in [1.165, 1.54) is 25.2 Å². The predicted molar refractivity (Wildman–Crippen MR) is 133 cm³/mol. The fourth-order valence-electron chi connectivity index (χ4n) is 4.12. The molecule has 1 amide bonds. The zero-order valence-electron chi connectivity index (χ0n) is 20.0. The molecule has 0 radical (unpaired) electrons. The smallest absolute Gasteiger partial charge is 0.295 e. The minimum atomic E-state index is -0.886. The van der Waals surface area contributed by atoms with Gasteiger partial charge in [-0.15, -0.1) is 0 Å². The van der Waals surface area contributed by atoms with Crippen molar-refractivity contribution in [2.45, 2.75) is 12.6 Å². The highest BCUT2D eigenvalue weighted by atomic mass is 16.5. The average molecular weight is 490 g/mol. The van der Waals surface area contributed by atoms with E-state index in [0.717, 1.165) is 5.56 Å². The van der Waals surface area contributed by atoms with Crippen molar-refractivity contribution in [2.24, 2.45) is 0 Å². The number of benzene rings is 3. The highest BCUT2D eigenvalue weighted by molar-refractivity contribution is 6.46. The van der Waals surface area contributed by atoms with Crippen molar-refractivity contribution in [3.63, 3.8) is 0 Å². The molecule has 0 bridgehead atoms. The Labute approximate surface area is 209 Å². The van der Waals surface area contributed by atoms with Crippen LogP contribution in [0.5, 0.6) is 17.2 Å². The van der Waals surface area contributed by atoms with E-state index < -0.39 is 17.7 Å². The molecule has 3 aromatic rings. The number of methoxy groups -OCH3 is 2. The molecule has 36 heavy (non-hydrogen) atoms. The first-order valence-electron chi connectivity index (χ1n) is 11.4. The summed E-state index contributed by atoms with van der Waals surface area (Å²) in [4.78, 5) is 27.3. The van der Waals surface area contributed by atoms with Crippen LogP contribution >= 0.6 is 0 Å². The second-order valence-corrected chi connectivity index (χ2v) is 8.22. The van der Waals surface area contributed by atoms with E-state index in [9.17, 15) is 19.8 Å². The Bertz CT molecular complexity index is 1270. The van der Waals surface area contributed by atoms with Gasteiger partial charge in [-0.1, -0.05) is 36.4 Å². The van der Waals surface area contributed by atoms with Gasteiger partial charge in [0, 0.05) is 19.2 Å². The molecule has 1 aliphatic heterocycles. The molecule has 0 spiro atoms. The number of carbonyl (C=O) groups is 2. The monoisotopic (exact) mass is 489 g/mol. The van der Waals surface area contributed by atoms with E-state index in [-0.39, 0.29) is 36.0 Å². The molecule has 8 nitrogen and oxygen atoms in total. The Balaban J connectivity index is 1.68. The minimum absolute atomic E-state index is 0.0539. The van der Waals surface area contributed by atoms with Crippen LogP contribution in [0.4, 0.5) is 0 Å². The zero-order chi connectivity index (χ0) is 25.7. The van der Waals surface area contributed by atoms with Gasteiger partial charge in [-0.05, 0) is 47.5 Å². The second kappa shape index (κ2) is 11.0. The summed E-state index contributed by atoms with van der Waals surface area (Å²) in [7, 11) is 2.90. The van der Waals surface area contributed by atoms with Gasteiger partial charge >= 0.3 is 0 Å². The Kier molecular flexibility index (Phi) is 7.56. The number of carbonyl (C=O) groups excluding carboxylic acids is 2. The summed E-state index contributed by atoms with van der Waals surface area (Å²) in [5.41, 5.74) is 1.83. The highest BCUT2D eigenvalue weighted by Gasteiger charge is 2.46. The summed E-state index contributed by atoms with van der Waals surface area (Å²) in [6, 6.07) is 20.0. The molecule has 1 fully saturated rings. The number of hydrogen-bond donors (Lipinski definition) is 2. The molecule has 1 saturated heterocycles. The summed E-state index contributed by atoms with van der Waals surface area (Å²) in [6.07, 6.45) is 0. The number of phenolic OH excluding ortho intramolecular Hbond substituents is 1. The topological polar surface area (TPSA) is 106 Å². The predicted octanol–water partition coefficient (Wildman–Crippen LogP) is 4.05. The number of Topliss-reactive ketones (excluding diaryl/α,β-unsaturated/α-hetero) is 1. The van der Waals surface area contributed by atoms with Crippen LogP contribution < -0.4 is 9.47 Å². The molecule has 1 heterocycles. The number of ketones is 1. The molecule has 0 aromatic heterocycles. The van der Waals surface area contributed by atoms with Crippen molar-refractivity contribution in [3.8, 4) is 17.2 Å². The average Bonchev–Trinajstić information content (AvgIpc) is 3.16. The van der Waals surface area contributed by atoms with Gasteiger partial charge in [-0.2, -0.15) is 0 Å². The van der Waals surface area contributed by atoms with Crippen LogP contribution in [0.2, 0.25) is 0 Å². The van der Waals surface area contributed by atoms with E-state index in [0.29, 0.717) is 23.5 Å². The van der Waals surface area contributed by atoms with Crippen LogP contribution in [0.1, 0.15) is 22.7 Å². The molecule has 0 saturated carbocycles. The van der Waals surface area contributed by atoms with Crippen molar-refractivity contribution in [1.29, 1.82) is 0 Å². The number of nitrogens with zero attached hydrogens (tertiary/aromatic N) is 1. The van der Waals surface area contributed by atoms with Crippen LogP contribution in [0.25, 0.3) is 5.76 Å². The largest absolute Gasteiger partial charge is 0.507 e. The SMILES string of the molecule is COCCN1C(=O)C(=O)/C(=C(\O)c2ccc(OCc3ccccc3)cc2)C1c1ccc(O)c(OC)c1. The van der Waals surface area contributed by atoms with E-state index in [1.807, 2.05) is 30.3 Å². The number of likely N-dealkylation sites (tertiary alicyclic amines) is 1.